The van der Waals surface area contributed by atoms with E-state index in [-0.39, 0.29) is 11.1 Å². The highest BCUT2D eigenvalue weighted by atomic mass is 79.9. The monoisotopic (exact) mass is 389 g/mol. The molecule has 112 valence electrons. The Balaban J connectivity index is 2.35. The van der Waals surface area contributed by atoms with Gasteiger partial charge in [0, 0.05) is 15.5 Å². The van der Waals surface area contributed by atoms with E-state index in [9.17, 15) is 4.39 Å². The predicted octanol–water partition coefficient (Wildman–Crippen LogP) is 5.79. The molecule has 2 rings (SSSR count). The van der Waals surface area contributed by atoms with Crippen LogP contribution in [0.2, 0.25) is 10.0 Å². The fourth-order valence-corrected chi connectivity index (χ4v) is 3.15. The summed E-state index contributed by atoms with van der Waals surface area (Å²) in [6.45, 7) is 2.81. The topological polar surface area (TPSA) is 12.0 Å². The van der Waals surface area contributed by atoms with E-state index >= 15 is 0 Å². The van der Waals surface area contributed by atoms with Crippen LogP contribution >= 0.6 is 39.1 Å². The van der Waals surface area contributed by atoms with Gasteiger partial charge in [0.15, 0.2) is 0 Å². The average molecular weight is 391 g/mol. The van der Waals surface area contributed by atoms with Gasteiger partial charge >= 0.3 is 0 Å². The summed E-state index contributed by atoms with van der Waals surface area (Å²) in [6.07, 6.45) is 0.587. The van der Waals surface area contributed by atoms with Crippen LogP contribution in [0.25, 0.3) is 0 Å². The van der Waals surface area contributed by atoms with Crippen LogP contribution in [-0.4, -0.2) is 6.54 Å². The van der Waals surface area contributed by atoms with Crippen molar-refractivity contribution in [1.82, 2.24) is 5.32 Å². The first-order valence-electron chi connectivity index (χ1n) is 6.64. The predicted molar refractivity (Wildman–Crippen MR) is 90.7 cm³/mol. The van der Waals surface area contributed by atoms with Gasteiger partial charge in [0.2, 0.25) is 0 Å². The number of rotatable bonds is 5. The van der Waals surface area contributed by atoms with Crippen molar-refractivity contribution in [3.05, 3.63) is 67.9 Å². The Bertz CT molecular complexity index is 634. The lowest BCUT2D eigenvalue weighted by Crippen LogP contribution is -2.23. The summed E-state index contributed by atoms with van der Waals surface area (Å²) in [5, 5.41) is 4.24. The van der Waals surface area contributed by atoms with Crippen molar-refractivity contribution in [2.45, 2.75) is 19.4 Å². The standard InChI is InChI=1S/C16H15BrCl2FN/c1-2-21-15(12-9-11(18)6-7-13(12)17)8-10-4-3-5-14(20)16(10)19/h3-7,9,15,21H,2,8H2,1H3. The van der Waals surface area contributed by atoms with Crippen molar-refractivity contribution >= 4 is 39.1 Å². The van der Waals surface area contributed by atoms with Gasteiger partial charge in [-0.2, -0.15) is 0 Å². The first kappa shape index (κ1) is 16.8. The van der Waals surface area contributed by atoms with E-state index in [0.29, 0.717) is 11.4 Å². The first-order valence-corrected chi connectivity index (χ1v) is 8.19. The third kappa shape index (κ3) is 4.19. The van der Waals surface area contributed by atoms with E-state index in [4.69, 9.17) is 23.2 Å². The molecule has 1 N–H and O–H groups in total. The molecule has 2 aromatic rings. The molecule has 0 bridgehead atoms. The average Bonchev–Trinajstić information content (AvgIpc) is 2.46. The van der Waals surface area contributed by atoms with E-state index in [1.807, 2.05) is 31.2 Å². The van der Waals surface area contributed by atoms with Crippen LogP contribution in [0.5, 0.6) is 0 Å². The summed E-state index contributed by atoms with van der Waals surface area (Å²) in [5.41, 5.74) is 1.80. The van der Waals surface area contributed by atoms with Gasteiger partial charge in [-0.1, -0.05) is 58.2 Å². The number of benzene rings is 2. The second-order valence-electron chi connectivity index (χ2n) is 4.69. The number of hydrogen-bond acceptors (Lipinski definition) is 1. The lowest BCUT2D eigenvalue weighted by atomic mass is 9.98. The number of nitrogens with one attached hydrogen (secondary N) is 1. The Kier molecular flexibility index (Phi) is 6.06. The second kappa shape index (κ2) is 7.59. The zero-order valence-electron chi connectivity index (χ0n) is 11.5. The number of halogens is 4. The van der Waals surface area contributed by atoms with Crippen molar-refractivity contribution in [3.63, 3.8) is 0 Å². The van der Waals surface area contributed by atoms with Gasteiger partial charge in [-0.05, 0) is 48.4 Å². The highest BCUT2D eigenvalue weighted by molar-refractivity contribution is 9.10. The largest absolute Gasteiger partial charge is 0.310 e. The van der Waals surface area contributed by atoms with Gasteiger partial charge < -0.3 is 5.32 Å². The van der Waals surface area contributed by atoms with Gasteiger partial charge in [0.05, 0.1) is 5.02 Å². The molecule has 0 saturated heterocycles. The third-order valence-electron chi connectivity index (χ3n) is 3.24. The summed E-state index contributed by atoms with van der Waals surface area (Å²) in [6, 6.07) is 10.5. The molecule has 21 heavy (non-hydrogen) atoms. The summed E-state index contributed by atoms with van der Waals surface area (Å²) in [4.78, 5) is 0. The molecule has 0 aromatic heterocycles. The zero-order chi connectivity index (χ0) is 15.4. The van der Waals surface area contributed by atoms with Crippen LogP contribution in [0.15, 0.2) is 40.9 Å². The minimum absolute atomic E-state index is 0.00220. The lowest BCUT2D eigenvalue weighted by molar-refractivity contribution is 0.545. The minimum atomic E-state index is -0.394. The van der Waals surface area contributed by atoms with E-state index < -0.39 is 5.82 Å². The number of likely N-dealkylation sites (N-methyl/N-ethyl adjacent to an activating group) is 1. The Morgan fingerprint density at radius 3 is 2.71 bits per heavy atom. The van der Waals surface area contributed by atoms with Gasteiger partial charge in [0.1, 0.15) is 5.82 Å². The van der Waals surface area contributed by atoms with Crippen LogP contribution < -0.4 is 5.32 Å². The first-order chi connectivity index (χ1) is 10.0. The molecule has 0 aliphatic carbocycles. The summed E-state index contributed by atoms with van der Waals surface area (Å²) < 4.78 is 14.5. The van der Waals surface area contributed by atoms with Crippen LogP contribution in [-0.2, 0) is 6.42 Å². The molecule has 0 fully saturated rings. The molecule has 0 radical (unpaired) electrons. The van der Waals surface area contributed by atoms with Crippen LogP contribution in [0.4, 0.5) is 4.39 Å². The van der Waals surface area contributed by atoms with Gasteiger partial charge in [-0.3, -0.25) is 0 Å². The quantitative estimate of drug-likeness (QED) is 0.681. The van der Waals surface area contributed by atoms with E-state index in [2.05, 4.69) is 21.2 Å². The molecule has 1 unspecified atom stereocenters. The fraction of sp³-hybridized carbons (Fsp3) is 0.250. The highest BCUT2D eigenvalue weighted by Gasteiger charge is 2.17. The normalized spacial score (nSPS) is 12.4. The fourth-order valence-electron chi connectivity index (χ4n) is 2.25. The molecule has 2 aromatic carbocycles. The van der Waals surface area contributed by atoms with Crippen molar-refractivity contribution < 1.29 is 4.39 Å². The molecule has 0 spiro atoms. The van der Waals surface area contributed by atoms with E-state index in [0.717, 1.165) is 22.1 Å². The molecule has 0 aliphatic rings. The van der Waals surface area contributed by atoms with Crippen molar-refractivity contribution in [1.29, 1.82) is 0 Å². The van der Waals surface area contributed by atoms with Crippen molar-refractivity contribution in [3.8, 4) is 0 Å². The second-order valence-corrected chi connectivity index (χ2v) is 6.36. The van der Waals surface area contributed by atoms with E-state index in [1.54, 1.807) is 6.07 Å². The molecule has 5 heteroatoms. The summed E-state index contributed by atoms with van der Waals surface area (Å²) in [5.74, 6) is -0.394. The zero-order valence-corrected chi connectivity index (χ0v) is 14.6. The van der Waals surface area contributed by atoms with Crippen molar-refractivity contribution in [2.24, 2.45) is 0 Å². The minimum Gasteiger partial charge on any atom is -0.310 e. The van der Waals surface area contributed by atoms with Crippen LogP contribution in [0.3, 0.4) is 0 Å². The molecule has 0 amide bonds. The third-order valence-corrected chi connectivity index (χ3v) is 4.62. The lowest BCUT2D eigenvalue weighted by Gasteiger charge is -2.21. The molecule has 0 aliphatic heterocycles. The van der Waals surface area contributed by atoms with E-state index in [1.165, 1.54) is 6.07 Å². The maximum atomic E-state index is 13.6. The van der Waals surface area contributed by atoms with Gasteiger partial charge in [0.25, 0.3) is 0 Å². The Hall–Kier alpha value is -0.610. The van der Waals surface area contributed by atoms with Crippen LogP contribution in [0.1, 0.15) is 24.1 Å². The molecular formula is C16H15BrCl2FN. The Labute approximate surface area is 142 Å². The Morgan fingerprint density at radius 1 is 1.24 bits per heavy atom. The maximum Gasteiger partial charge on any atom is 0.142 e. The summed E-state index contributed by atoms with van der Waals surface area (Å²) >= 11 is 15.7. The van der Waals surface area contributed by atoms with Gasteiger partial charge in [-0.15, -0.1) is 0 Å². The SMILES string of the molecule is CCNC(Cc1cccc(F)c1Cl)c1cc(Cl)ccc1Br. The van der Waals surface area contributed by atoms with Gasteiger partial charge in [-0.25, -0.2) is 4.39 Å². The maximum absolute atomic E-state index is 13.6. The molecule has 0 saturated carbocycles. The smallest absolute Gasteiger partial charge is 0.142 e. The summed E-state index contributed by atoms with van der Waals surface area (Å²) in [7, 11) is 0. The van der Waals surface area contributed by atoms with Crippen molar-refractivity contribution in [2.75, 3.05) is 6.54 Å². The molecule has 1 nitrogen and oxygen atoms in total. The molecule has 0 heterocycles. The highest BCUT2D eigenvalue weighted by Crippen LogP contribution is 2.31. The van der Waals surface area contributed by atoms with Crippen LogP contribution in [0, 0.1) is 5.82 Å². The molecule has 1 atom stereocenters. The number of hydrogen-bond donors (Lipinski definition) is 1. The Morgan fingerprint density at radius 2 is 2.00 bits per heavy atom. The molecular weight excluding hydrogens is 376 g/mol.